The van der Waals surface area contributed by atoms with E-state index in [0.29, 0.717) is 0 Å². The molecule has 3 aromatic rings. The highest BCUT2D eigenvalue weighted by molar-refractivity contribution is 5.87. The maximum Gasteiger partial charge on any atom is 0.118 e. The van der Waals surface area contributed by atoms with Crippen molar-refractivity contribution in [2.45, 2.75) is 6.42 Å². The quantitative estimate of drug-likeness (QED) is 0.643. The first-order valence-electron chi connectivity index (χ1n) is 7.07. The number of hydrogen-bond acceptors (Lipinski definition) is 1. The summed E-state index contributed by atoms with van der Waals surface area (Å²) in [7, 11) is 1.68. The summed E-state index contributed by atoms with van der Waals surface area (Å²) in [6, 6.07) is 23.0. The largest absolute Gasteiger partial charge is 0.497 e. The smallest absolute Gasteiger partial charge is 0.118 e. The maximum absolute atomic E-state index is 5.20. The molecule has 3 rings (SSSR count). The highest BCUT2D eigenvalue weighted by Crippen LogP contribution is 2.25. The Balaban J connectivity index is 1.89. The second-order valence-electron chi connectivity index (χ2n) is 5.15. The Kier molecular flexibility index (Phi) is 3.74. The van der Waals surface area contributed by atoms with Crippen LogP contribution in [0.1, 0.15) is 11.1 Å². The SMILES string of the molecule is C=C(Cc1cccc2ccccc12)c1ccc(OC)cc1. The molecule has 0 saturated heterocycles. The fourth-order valence-electron chi connectivity index (χ4n) is 2.61. The lowest BCUT2D eigenvalue weighted by molar-refractivity contribution is 0.415. The molecule has 0 amide bonds. The number of ether oxygens (including phenoxy) is 1. The van der Waals surface area contributed by atoms with Crippen LogP contribution < -0.4 is 4.74 Å². The van der Waals surface area contributed by atoms with Gasteiger partial charge in [-0.1, -0.05) is 61.2 Å². The van der Waals surface area contributed by atoms with Gasteiger partial charge >= 0.3 is 0 Å². The molecule has 0 radical (unpaired) electrons. The number of benzene rings is 3. The Bertz CT molecular complexity index is 764. The number of hydrogen-bond donors (Lipinski definition) is 0. The van der Waals surface area contributed by atoms with E-state index in [-0.39, 0.29) is 0 Å². The molecule has 0 fully saturated rings. The van der Waals surface area contributed by atoms with Gasteiger partial charge in [0.25, 0.3) is 0 Å². The van der Waals surface area contributed by atoms with E-state index in [1.165, 1.54) is 16.3 Å². The molecule has 1 heteroatoms. The summed E-state index contributed by atoms with van der Waals surface area (Å²) in [5, 5.41) is 2.58. The third kappa shape index (κ3) is 2.82. The molecule has 0 heterocycles. The summed E-state index contributed by atoms with van der Waals surface area (Å²) in [6.45, 7) is 4.24. The highest BCUT2D eigenvalue weighted by Gasteiger charge is 2.05. The fraction of sp³-hybridized carbons (Fsp3) is 0.100. The molecule has 0 aliphatic heterocycles. The highest BCUT2D eigenvalue weighted by atomic mass is 16.5. The number of methoxy groups -OCH3 is 1. The molecule has 0 aromatic heterocycles. The van der Waals surface area contributed by atoms with Gasteiger partial charge in [0.2, 0.25) is 0 Å². The van der Waals surface area contributed by atoms with E-state index in [0.717, 1.165) is 23.3 Å². The van der Waals surface area contributed by atoms with E-state index in [1.54, 1.807) is 7.11 Å². The second kappa shape index (κ2) is 5.84. The van der Waals surface area contributed by atoms with Crippen molar-refractivity contribution >= 4 is 16.3 Å². The third-order valence-corrected chi connectivity index (χ3v) is 3.78. The first-order chi connectivity index (χ1) is 10.3. The van der Waals surface area contributed by atoms with Crippen molar-refractivity contribution in [1.29, 1.82) is 0 Å². The predicted molar refractivity (Wildman–Crippen MR) is 89.7 cm³/mol. The number of allylic oxidation sites excluding steroid dienone is 1. The fourth-order valence-corrected chi connectivity index (χ4v) is 2.61. The van der Waals surface area contributed by atoms with Crippen molar-refractivity contribution < 1.29 is 4.74 Å². The van der Waals surface area contributed by atoms with Gasteiger partial charge in [0.1, 0.15) is 5.75 Å². The second-order valence-corrected chi connectivity index (χ2v) is 5.15. The normalized spacial score (nSPS) is 10.5. The van der Waals surface area contributed by atoms with Gasteiger partial charge in [-0.25, -0.2) is 0 Å². The van der Waals surface area contributed by atoms with Crippen LogP contribution in [0.15, 0.2) is 73.3 Å². The molecule has 0 unspecified atom stereocenters. The molecule has 0 spiro atoms. The summed E-state index contributed by atoms with van der Waals surface area (Å²) < 4.78 is 5.20. The van der Waals surface area contributed by atoms with Crippen LogP contribution in [-0.4, -0.2) is 7.11 Å². The summed E-state index contributed by atoms with van der Waals surface area (Å²) in [5.74, 6) is 0.872. The Morgan fingerprint density at radius 1 is 0.905 bits per heavy atom. The van der Waals surface area contributed by atoms with Gasteiger partial charge in [-0.15, -0.1) is 0 Å². The van der Waals surface area contributed by atoms with Gasteiger partial charge in [-0.05, 0) is 46.0 Å². The third-order valence-electron chi connectivity index (χ3n) is 3.78. The van der Waals surface area contributed by atoms with E-state index in [9.17, 15) is 0 Å². The van der Waals surface area contributed by atoms with Crippen LogP contribution in [0.4, 0.5) is 0 Å². The van der Waals surface area contributed by atoms with Crippen molar-refractivity contribution in [3.63, 3.8) is 0 Å². The van der Waals surface area contributed by atoms with Crippen molar-refractivity contribution in [2.24, 2.45) is 0 Å². The molecule has 21 heavy (non-hydrogen) atoms. The van der Waals surface area contributed by atoms with Crippen LogP contribution in [0.3, 0.4) is 0 Å². The standard InChI is InChI=1S/C20H18O/c1-15(16-10-12-19(21-2)13-11-16)14-18-8-5-7-17-6-3-4-9-20(17)18/h3-13H,1,14H2,2H3. The Hall–Kier alpha value is -2.54. The van der Waals surface area contributed by atoms with Crippen LogP contribution in [0, 0.1) is 0 Å². The molecular weight excluding hydrogens is 256 g/mol. The van der Waals surface area contributed by atoms with Gasteiger partial charge in [0.15, 0.2) is 0 Å². The van der Waals surface area contributed by atoms with E-state index in [2.05, 4.69) is 61.2 Å². The monoisotopic (exact) mass is 274 g/mol. The zero-order chi connectivity index (χ0) is 14.7. The lowest BCUT2D eigenvalue weighted by atomic mass is 9.95. The molecule has 0 bridgehead atoms. The zero-order valence-corrected chi connectivity index (χ0v) is 12.2. The molecule has 3 aromatic carbocycles. The molecule has 0 saturated carbocycles. The molecule has 0 atom stereocenters. The van der Waals surface area contributed by atoms with Crippen LogP contribution in [0.5, 0.6) is 5.75 Å². The summed E-state index contributed by atoms with van der Waals surface area (Å²) >= 11 is 0. The molecule has 0 aliphatic carbocycles. The van der Waals surface area contributed by atoms with Crippen LogP contribution in [0.25, 0.3) is 16.3 Å². The first kappa shape index (κ1) is 13.4. The Labute approximate surface area is 125 Å². The Morgan fingerprint density at radius 2 is 1.62 bits per heavy atom. The summed E-state index contributed by atoms with van der Waals surface area (Å²) in [4.78, 5) is 0. The van der Waals surface area contributed by atoms with E-state index in [1.807, 2.05) is 12.1 Å². The maximum atomic E-state index is 5.20. The summed E-state index contributed by atoms with van der Waals surface area (Å²) in [5.41, 5.74) is 3.59. The molecular formula is C20H18O. The lowest BCUT2D eigenvalue weighted by Crippen LogP contribution is -1.91. The lowest BCUT2D eigenvalue weighted by Gasteiger charge is -2.10. The number of fused-ring (bicyclic) bond motifs is 1. The van der Waals surface area contributed by atoms with Crippen LogP contribution in [0.2, 0.25) is 0 Å². The molecule has 104 valence electrons. The topological polar surface area (TPSA) is 9.23 Å². The minimum atomic E-state index is 0.855. The number of rotatable bonds is 4. The zero-order valence-electron chi connectivity index (χ0n) is 12.2. The van der Waals surface area contributed by atoms with Gasteiger partial charge in [0.05, 0.1) is 7.11 Å². The van der Waals surface area contributed by atoms with Crippen molar-refractivity contribution in [3.8, 4) is 5.75 Å². The average molecular weight is 274 g/mol. The first-order valence-corrected chi connectivity index (χ1v) is 7.07. The van der Waals surface area contributed by atoms with E-state index < -0.39 is 0 Å². The molecule has 1 nitrogen and oxygen atoms in total. The van der Waals surface area contributed by atoms with Gasteiger partial charge in [-0.3, -0.25) is 0 Å². The van der Waals surface area contributed by atoms with Gasteiger partial charge in [0, 0.05) is 0 Å². The van der Waals surface area contributed by atoms with E-state index >= 15 is 0 Å². The van der Waals surface area contributed by atoms with Crippen molar-refractivity contribution in [2.75, 3.05) is 7.11 Å². The van der Waals surface area contributed by atoms with Gasteiger partial charge in [-0.2, -0.15) is 0 Å². The van der Waals surface area contributed by atoms with Crippen LogP contribution >= 0.6 is 0 Å². The minimum absolute atomic E-state index is 0.855. The van der Waals surface area contributed by atoms with Crippen molar-refractivity contribution in [1.82, 2.24) is 0 Å². The molecule has 0 N–H and O–H groups in total. The predicted octanol–water partition coefficient (Wildman–Crippen LogP) is 5.10. The van der Waals surface area contributed by atoms with Gasteiger partial charge < -0.3 is 4.74 Å². The van der Waals surface area contributed by atoms with Crippen LogP contribution in [-0.2, 0) is 6.42 Å². The van der Waals surface area contributed by atoms with Crippen molar-refractivity contribution in [3.05, 3.63) is 84.4 Å². The Morgan fingerprint density at radius 3 is 2.38 bits per heavy atom. The minimum Gasteiger partial charge on any atom is -0.497 e. The average Bonchev–Trinajstić information content (AvgIpc) is 2.55. The molecule has 0 aliphatic rings. The van der Waals surface area contributed by atoms with E-state index in [4.69, 9.17) is 4.74 Å². The summed E-state index contributed by atoms with van der Waals surface area (Å²) in [6.07, 6.45) is 0.855.